The fourth-order valence-corrected chi connectivity index (χ4v) is 2.40. The summed E-state index contributed by atoms with van der Waals surface area (Å²) in [5.41, 5.74) is 1.41. The lowest BCUT2D eigenvalue weighted by Crippen LogP contribution is -2.30. The molecule has 1 aromatic rings. The van der Waals surface area contributed by atoms with Crippen molar-refractivity contribution >= 4 is 0 Å². The van der Waals surface area contributed by atoms with Crippen LogP contribution in [0.25, 0.3) is 0 Å². The first-order valence-corrected chi connectivity index (χ1v) is 6.04. The third-order valence-corrected chi connectivity index (χ3v) is 3.59. The van der Waals surface area contributed by atoms with Crippen LogP contribution >= 0.6 is 0 Å². The zero-order valence-electron chi connectivity index (χ0n) is 9.74. The first-order chi connectivity index (χ1) is 7.31. The molecule has 1 aliphatic heterocycles. The molecule has 1 atom stereocenters. The second-order valence-electron chi connectivity index (χ2n) is 4.51. The number of nitrogens with one attached hydrogen (secondary N) is 1. The van der Waals surface area contributed by atoms with E-state index in [1.165, 1.54) is 31.5 Å². The molecule has 1 unspecified atom stereocenters. The molecule has 0 spiro atoms. The van der Waals surface area contributed by atoms with Gasteiger partial charge in [0.2, 0.25) is 0 Å². The van der Waals surface area contributed by atoms with Gasteiger partial charge in [0.25, 0.3) is 0 Å². The summed E-state index contributed by atoms with van der Waals surface area (Å²) in [6.07, 6.45) is 6.85. The predicted octanol–water partition coefficient (Wildman–Crippen LogP) is 2.01. The van der Waals surface area contributed by atoms with Crippen molar-refractivity contribution in [2.75, 3.05) is 13.1 Å². The molecule has 0 aliphatic carbocycles. The van der Waals surface area contributed by atoms with Crippen molar-refractivity contribution in [2.24, 2.45) is 5.92 Å². The van der Waals surface area contributed by atoms with Crippen LogP contribution in [-0.2, 0) is 6.54 Å². The number of rotatable bonds is 3. The monoisotopic (exact) mass is 207 g/mol. The lowest BCUT2D eigenvalue weighted by atomic mass is 9.83. The van der Waals surface area contributed by atoms with Gasteiger partial charge in [0.1, 0.15) is 0 Å². The molecule has 1 aromatic heterocycles. The van der Waals surface area contributed by atoms with Gasteiger partial charge in [-0.25, -0.2) is 0 Å². The van der Waals surface area contributed by atoms with E-state index in [-0.39, 0.29) is 0 Å². The van der Waals surface area contributed by atoms with Crippen molar-refractivity contribution in [2.45, 2.75) is 39.2 Å². The molecule has 15 heavy (non-hydrogen) atoms. The topological polar surface area (TPSA) is 29.9 Å². The van der Waals surface area contributed by atoms with Crippen molar-refractivity contribution in [3.05, 3.63) is 18.0 Å². The Morgan fingerprint density at radius 2 is 2.27 bits per heavy atom. The number of piperidine rings is 1. The van der Waals surface area contributed by atoms with E-state index in [1.807, 2.05) is 10.9 Å². The average molecular weight is 207 g/mol. The average Bonchev–Trinajstić information content (AvgIpc) is 2.78. The van der Waals surface area contributed by atoms with E-state index in [1.54, 1.807) is 0 Å². The molecule has 0 bridgehead atoms. The lowest BCUT2D eigenvalue weighted by molar-refractivity contribution is 0.330. The zero-order chi connectivity index (χ0) is 10.7. The summed E-state index contributed by atoms with van der Waals surface area (Å²) in [7, 11) is 0. The van der Waals surface area contributed by atoms with E-state index in [9.17, 15) is 0 Å². The van der Waals surface area contributed by atoms with E-state index >= 15 is 0 Å². The summed E-state index contributed by atoms with van der Waals surface area (Å²) in [6, 6.07) is 0. The van der Waals surface area contributed by atoms with Gasteiger partial charge in [-0.3, -0.25) is 4.68 Å². The number of aryl methyl sites for hydroxylation is 1. The van der Waals surface area contributed by atoms with Crippen molar-refractivity contribution in [3.63, 3.8) is 0 Å². The van der Waals surface area contributed by atoms with Crippen LogP contribution in [0, 0.1) is 5.92 Å². The quantitative estimate of drug-likeness (QED) is 0.821. The third kappa shape index (κ3) is 2.40. The summed E-state index contributed by atoms with van der Waals surface area (Å²) in [5.74, 6) is 1.49. The maximum atomic E-state index is 4.35. The highest BCUT2D eigenvalue weighted by Crippen LogP contribution is 2.30. The molecular weight excluding hydrogens is 186 g/mol. The highest BCUT2D eigenvalue weighted by atomic mass is 15.3. The highest BCUT2D eigenvalue weighted by Gasteiger charge is 2.21. The zero-order valence-corrected chi connectivity index (χ0v) is 9.74. The molecule has 84 valence electrons. The van der Waals surface area contributed by atoms with E-state index in [0.29, 0.717) is 5.92 Å². The van der Waals surface area contributed by atoms with Gasteiger partial charge < -0.3 is 5.32 Å². The standard InChI is InChI=1S/C12H21N3/c1-3-15-9-12(8-14-15)10(2)11-4-6-13-7-5-11/h8-11,13H,3-7H2,1-2H3. The van der Waals surface area contributed by atoms with Crippen LogP contribution in [0.5, 0.6) is 0 Å². The minimum atomic E-state index is 0.660. The summed E-state index contributed by atoms with van der Waals surface area (Å²) in [5, 5.41) is 7.77. The van der Waals surface area contributed by atoms with Crippen LogP contribution < -0.4 is 5.32 Å². The minimum absolute atomic E-state index is 0.660. The number of hydrogen-bond acceptors (Lipinski definition) is 2. The summed E-state index contributed by atoms with van der Waals surface area (Å²) in [4.78, 5) is 0. The molecule has 1 fully saturated rings. The number of hydrogen-bond donors (Lipinski definition) is 1. The van der Waals surface area contributed by atoms with Crippen LogP contribution in [0.1, 0.15) is 38.2 Å². The summed E-state index contributed by atoms with van der Waals surface area (Å²) >= 11 is 0. The Balaban J connectivity index is 2.02. The molecule has 0 radical (unpaired) electrons. The SMILES string of the molecule is CCn1cc(C(C)C2CCNCC2)cn1. The molecular formula is C12H21N3. The Kier molecular flexibility index (Phi) is 3.41. The summed E-state index contributed by atoms with van der Waals surface area (Å²) < 4.78 is 2.02. The molecule has 0 saturated carbocycles. The van der Waals surface area contributed by atoms with Crippen LogP contribution in [0.3, 0.4) is 0 Å². The van der Waals surface area contributed by atoms with Gasteiger partial charge in [0, 0.05) is 12.7 Å². The van der Waals surface area contributed by atoms with Crippen molar-refractivity contribution < 1.29 is 0 Å². The van der Waals surface area contributed by atoms with E-state index in [2.05, 4.69) is 30.5 Å². The Hall–Kier alpha value is -0.830. The molecule has 3 nitrogen and oxygen atoms in total. The maximum absolute atomic E-state index is 4.35. The van der Waals surface area contributed by atoms with Crippen molar-refractivity contribution in [1.82, 2.24) is 15.1 Å². The van der Waals surface area contributed by atoms with Crippen LogP contribution in [-0.4, -0.2) is 22.9 Å². The van der Waals surface area contributed by atoms with Crippen molar-refractivity contribution in [1.29, 1.82) is 0 Å². The van der Waals surface area contributed by atoms with Gasteiger partial charge >= 0.3 is 0 Å². The predicted molar refractivity (Wildman–Crippen MR) is 61.9 cm³/mol. The smallest absolute Gasteiger partial charge is 0.0524 e. The lowest BCUT2D eigenvalue weighted by Gasteiger charge is -2.27. The molecule has 0 amide bonds. The Morgan fingerprint density at radius 1 is 1.53 bits per heavy atom. The Labute approximate surface area is 91.9 Å². The molecule has 2 rings (SSSR count). The van der Waals surface area contributed by atoms with Gasteiger partial charge in [-0.1, -0.05) is 6.92 Å². The molecule has 3 heteroatoms. The molecule has 0 aromatic carbocycles. The Bertz CT molecular complexity index is 300. The van der Waals surface area contributed by atoms with Gasteiger partial charge in [-0.15, -0.1) is 0 Å². The van der Waals surface area contributed by atoms with Crippen LogP contribution in [0.4, 0.5) is 0 Å². The first kappa shape index (κ1) is 10.7. The van der Waals surface area contributed by atoms with Gasteiger partial charge in [-0.05, 0) is 50.3 Å². The second kappa shape index (κ2) is 4.79. The minimum Gasteiger partial charge on any atom is -0.317 e. The van der Waals surface area contributed by atoms with Gasteiger partial charge in [0.05, 0.1) is 6.20 Å². The number of nitrogens with zero attached hydrogens (tertiary/aromatic N) is 2. The summed E-state index contributed by atoms with van der Waals surface area (Å²) in [6.45, 7) is 7.80. The molecule has 1 saturated heterocycles. The largest absolute Gasteiger partial charge is 0.317 e. The van der Waals surface area contributed by atoms with Crippen molar-refractivity contribution in [3.8, 4) is 0 Å². The maximum Gasteiger partial charge on any atom is 0.0524 e. The van der Waals surface area contributed by atoms with Gasteiger partial charge in [-0.2, -0.15) is 5.10 Å². The molecule has 1 N–H and O–H groups in total. The van der Waals surface area contributed by atoms with E-state index in [0.717, 1.165) is 12.5 Å². The Morgan fingerprint density at radius 3 is 2.87 bits per heavy atom. The number of aromatic nitrogens is 2. The fraction of sp³-hybridized carbons (Fsp3) is 0.750. The highest BCUT2D eigenvalue weighted by molar-refractivity contribution is 5.11. The van der Waals surface area contributed by atoms with Crippen LogP contribution in [0.2, 0.25) is 0 Å². The normalized spacial score (nSPS) is 20.4. The van der Waals surface area contributed by atoms with E-state index in [4.69, 9.17) is 0 Å². The third-order valence-electron chi connectivity index (χ3n) is 3.59. The second-order valence-corrected chi connectivity index (χ2v) is 4.51. The van der Waals surface area contributed by atoms with Gasteiger partial charge in [0.15, 0.2) is 0 Å². The molecule has 2 heterocycles. The fourth-order valence-electron chi connectivity index (χ4n) is 2.40. The van der Waals surface area contributed by atoms with E-state index < -0.39 is 0 Å². The van der Waals surface area contributed by atoms with Crippen LogP contribution in [0.15, 0.2) is 12.4 Å². The molecule has 1 aliphatic rings. The first-order valence-electron chi connectivity index (χ1n) is 6.04.